The number of hydrogen-bond donors (Lipinski definition) is 2. The lowest BCUT2D eigenvalue weighted by atomic mass is 10.2. The molecule has 0 radical (unpaired) electrons. The van der Waals surface area contributed by atoms with Gasteiger partial charge in [0.15, 0.2) is 11.5 Å². The highest BCUT2D eigenvalue weighted by molar-refractivity contribution is 5.86. The number of benzene rings is 3. The van der Waals surface area contributed by atoms with E-state index in [-0.39, 0.29) is 11.5 Å². The summed E-state index contributed by atoms with van der Waals surface area (Å²) in [6.07, 6.45) is 1.50. The van der Waals surface area contributed by atoms with Crippen molar-refractivity contribution in [3.8, 4) is 11.5 Å². The molecule has 24 heavy (non-hydrogen) atoms. The highest BCUT2D eigenvalue weighted by Gasteiger charge is 2.02. The Kier molecular flexibility index (Phi) is 4.62. The molecule has 0 amide bonds. The molecule has 0 saturated heterocycles. The van der Waals surface area contributed by atoms with Gasteiger partial charge in [-0.25, -0.2) is 0 Å². The summed E-state index contributed by atoms with van der Waals surface area (Å²) in [6, 6.07) is 21.4. The SMILES string of the molecule is Oc1cccc(C=Nc2ccc(N=Nc3ccccc3)cc2)c1O. The van der Waals surface area contributed by atoms with Gasteiger partial charge in [-0.1, -0.05) is 24.3 Å². The number of phenolic OH excluding ortho intramolecular Hbond substituents is 2. The number of aromatic hydroxyl groups is 2. The van der Waals surface area contributed by atoms with E-state index >= 15 is 0 Å². The Morgan fingerprint density at radius 2 is 1.25 bits per heavy atom. The summed E-state index contributed by atoms with van der Waals surface area (Å²) in [6.45, 7) is 0. The van der Waals surface area contributed by atoms with Crippen molar-refractivity contribution in [2.24, 2.45) is 15.2 Å². The van der Waals surface area contributed by atoms with Crippen molar-refractivity contribution < 1.29 is 10.2 Å². The summed E-state index contributed by atoms with van der Waals surface area (Å²) in [5, 5.41) is 27.5. The maximum Gasteiger partial charge on any atom is 0.166 e. The van der Waals surface area contributed by atoms with Crippen LogP contribution in [0, 0.1) is 0 Å². The van der Waals surface area contributed by atoms with Crippen molar-refractivity contribution in [1.82, 2.24) is 0 Å². The predicted molar refractivity (Wildman–Crippen MR) is 94.1 cm³/mol. The zero-order valence-corrected chi connectivity index (χ0v) is 12.7. The van der Waals surface area contributed by atoms with Crippen LogP contribution in [-0.2, 0) is 0 Å². The molecule has 0 aliphatic rings. The summed E-state index contributed by atoms with van der Waals surface area (Å²) in [4.78, 5) is 4.27. The number of aliphatic imine (C=N–C) groups is 1. The van der Waals surface area contributed by atoms with Gasteiger partial charge in [0.1, 0.15) is 0 Å². The quantitative estimate of drug-likeness (QED) is 0.391. The maximum atomic E-state index is 9.73. The van der Waals surface area contributed by atoms with Crippen LogP contribution >= 0.6 is 0 Å². The van der Waals surface area contributed by atoms with Gasteiger partial charge >= 0.3 is 0 Å². The van der Waals surface area contributed by atoms with Gasteiger partial charge in [-0.2, -0.15) is 10.2 Å². The zero-order chi connectivity index (χ0) is 16.8. The zero-order valence-electron chi connectivity index (χ0n) is 12.7. The maximum absolute atomic E-state index is 9.73. The van der Waals surface area contributed by atoms with E-state index in [2.05, 4.69) is 15.2 Å². The number of hydrogen-bond acceptors (Lipinski definition) is 5. The van der Waals surface area contributed by atoms with E-state index in [0.717, 1.165) is 11.4 Å². The molecule has 0 aliphatic carbocycles. The van der Waals surface area contributed by atoms with Crippen molar-refractivity contribution in [1.29, 1.82) is 0 Å². The van der Waals surface area contributed by atoms with Gasteiger partial charge < -0.3 is 10.2 Å². The van der Waals surface area contributed by atoms with Gasteiger partial charge in [0, 0.05) is 11.8 Å². The van der Waals surface area contributed by atoms with Crippen molar-refractivity contribution in [2.75, 3.05) is 0 Å². The summed E-state index contributed by atoms with van der Waals surface area (Å²) in [7, 11) is 0. The fourth-order valence-electron chi connectivity index (χ4n) is 2.01. The second-order valence-electron chi connectivity index (χ2n) is 5.03. The van der Waals surface area contributed by atoms with E-state index in [0.29, 0.717) is 11.3 Å². The van der Waals surface area contributed by atoms with Gasteiger partial charge in [0.2, 0.25) is 0 Å². The van der Waals surface area contributed by atoms with E-state index in [1.807, 2.05) is 30.3 Å². The molecule has 3 aromatic rings. The number of phenols is 2. The van der Waals surface area contributed by atoms with Gasteiger partial charge in [0.25, 0.3) is 0 Å². The molecule has 0 unspecified atom stereocenters. The molecule has 0 aromatic heterocycles. The molecule has 3 aromatic carbocycles. The van der Waals surface area contributed by atoms with Crippen molar-refractivity contribution >= 4 is 23.3 Å². The van der Waals surface area contributed by atoms with E-state index < -0.39 is 0 Å². The minimum absolute atomic E-state index is 0.171. The molecule has 0 fully saturated rings. The van der Waals surface area contributed by atoms with Crippen LogP contribution in [-0.4, -0.2) is 16.4 Å². The normalized spacial score (nSPS) is 11.3. The predicted octanol–water partition coefficient (Wildman–Crippen LogP) is 5.26. The second kappa shape index (κ2) is 7.19. The lowest BCUT2D eigenvalue weighted by molar-refractivity contribution is 0.403. The third-order valence-electron chi connectivity index (χ3n) is 3.29. The van der Waals surface area contributed by atoms with Gasteiger partial charge in [-0.15, -0.1) is 0 Å². The topological polar surface area (TPSA) is 77.5 Å². The van der Waals surface area contributed by atoms with Crippen LogP contribution in [0.25, 0.3) is 0 Å². The molecule has 3 rings (SSSR count). The van der Waals surface area contributed by atoms with Gasteiger partial charge in [-0.3, -0.25) is 4.99 Å². The highest BCUT2D eigenvalue weighted by Crippen LogP contribution is 2.27. The monoisotopic (exact) mass is 317 g/mol. The average molecular weight is 317 g/mol. The van der Waals surface area contributed by atoms with E-state index in [1.165, 1.54) is 12.3 Å². The second-order valence-corrected chi connectivity index (χ2v) is 5.03. The molecule has 118 valence electrons. The van der Waals surface area contributed by atoms with Gasteiger partial charge in [-0.05, 0) is 48.5 Å². The Labute approximate surface area is 139 Å². The minimum Gasteiger partial charge on any atom is -0.504 e. The summed E-state index contributed by atoms with van der Waals surface area (Å²) >= 11 is 0. The lowest BCUT2D eigenvalue weighted by Gasteiger charge is -2.00. The first-order chi connectivity index (χ1) is 11.7. The fourth-order valence-corrected chi connectivity index (χ4v) is 2.01. The Balaban J connectivity index is 1.72. The molecule has 0 saturated carbocycles. The minimum atomic E-state index is -0.186. The number of para-hydroxylation sites is 1. The van der Waals surface area contributed by atoms with Crippen molar-refractivity contribution in [3.05, 3.63) is 78.4 Å². The third-order valence-corrected chi connectivity index (χ3v) is 3.29. The molecular weight excluding hydrogens is 302 g/mol. The Morgan fingerprint density at radius 3 is 1.96 bits per heavy atom. The fraction of sp³-hybridized carbons (Fsp3) is 0. The van der Waals surface area contributed by atoms with Crippen molar-refractivity contribution in [2.45, 2.75) is 0 Å². The first-order valence-corrected chi connectivity index (χ1v) is 7.34. The molecule has 0 atom stereocenters. The Hall–Kier alpha value is -3.47. The van der Waals surface area contributed by atoms with Crippen LogP contribution < -0.4 is 0 Å². The smallest absolute Gasteiger partial charge is 0.166 e. The molecule has 0 spiro atoms. The van der Waals surface area contributed by atoms with Crippen LogP contribution in [0.1, 0.15) is 5.56 Å². The number of nitrogens with zero attached hydrogens (tertiary/aromatic N) is 3. The van der Waals surface area contributed by atoms with Crippen LogP contribution in [0.3, 0.4) is 0 Å². The lowest BCUT2D eigenvalue weighted by Crippen LogP contribution is -1.82. The van der Waals surface area contributed by atoms with E-state index in [4.69, 9.17) is 0 Å². The molecule has 5 nitrogen and oxygen atoms in total. The number of rotatable bonds is 4. The van der Waals surface area contributed by atoms with Crippen LogP contribution in [0.2, 0.25) is 0 Å². The van der Waals surface area contributed by atoms with Gasteiger partial charge in [0.05, 0.1) is 17.1 Å². The summed E-state index contributed by atoms with van der Waals surface area (Å²) < 4.78 is 0. The van der Waals surface area contributed by atoms with Crippen molar-refractivity contribution in [3.63, 3.8) is 0 Å². The number of azo groups is 1. The third kappa shape index (κ3) is 3.84. The Bertz CT molecular complexity index is 873. The first kappa shape index (κ1) is 15.4. The molecule has 0 bridgehead atoms. The van der Waals surface area contributed by atoms with Crippen LogP contribution in [0.5, 0.6) is 11.5 Å². The molecular formula is C19H15N3O2. The molecule has 2 N–H and O–H groups in total. The van der Waals surface area contributed by atoms with E-state index in [9.17, 15) is 10.2 Å². The summed E-state index contributed by atoms with van der Waals surface area (Å²) in [5.74, 6) is -0.356. The molecule has 0 aliphatic heterocycles. The Morgan fingerprint density at radius 1 is 0.625 bits per heavy atom. The average Bonchev–Trinajstić information content (AvgIpc) is 2.63. The molecule has 5 heteroatoms. The standard InChI is InChI=1S/C19H15N3O2/c23-18-8-4-5-14(19(18)24)13-20-15-9-11-17(12-10-15)22-21-16-6-2-1-3-7-16/h1-13,23-24H. The van der Waals surface area contributed by atoms with Crippen LogP contribution in [0.15, 0.2) is 88.0 Å². The largest absolute Gasteiger partial charge is 0.504 e. The summed E-state index contributed by atoms with van der Waals surface area (Å²) in [5.41, 5.74) is 2.66. The highest BCUT2D eigenvalue weighted by atomic mass is 16.3. The molecule has 0 heterocycles. The first-order valence-electron chi connectivity index (χ1n) is 7.34. The van der Waals surface area contributed by atoms with E-state index in [1.54, 1.807) is 36.4 Å². The van der Waals surface area contributed by atoms with Crippen LogP contribution in [0.4, 0.5) is 17.1 Å².